The molecule has 0 radical (unpaired) electrons. The van der Waals surface area contributed by atoms with Gasteiger partial charge in [-0.1, -0.05) is 11.6 Å². The second-order valence-electron chi connectivity index (χ2n) is 4.29. The molecule has 0 aliphatic heterocycles. The number of amides is 1. The summed E-state index contributed by atoms with van der Waals surface area (Å²) < 4.78 is 5.43. The quantitative estimate of drug-likeness (QED) is 0.837. The third-order valence-electron chi connectivity index (χ3n) is 3.26. The Labute approximate surface area is 105 Å². The normalized spacial score (nSPS) is 17.3. The number of nitrogens with zero attached hydrogens (tertiary/aromatic N) is 1. The first-order valence-corrected chi connectivity index (χ1v) is 5.98. The highest BCUT2D eigenvalue weighted by molar-refractivity contribution is 6.29. The maximum absolute atomic E-state index is 11.8. The first kappa shape index (κ1) is 12.3. The summed E-state index contributed by atoms with van der Waals surface area (Å²) in [4.78, 5) is 15.7. The van der Waals surface area contributed by atoms with Crippen LogP contribution in [0.4, 0.5) is 0 Å². The van der Waals surface area contributed by atoms with Crippen LogP contribution in [-0.2, 0) is 4.74 Å². The summed E-state index contributed by atoms with van der Waals surface area (Å²) in [5.74, 6) is -0.141. The van der Waals surface area contributed by atoms with Gasteiger partial charge in [-0.05, 0) is 31.4 Å². The smallest absolute Gasteiger partial charge is 0.251 e. The summed E-state index contributed by atoms with van der Waals surface area (Å²) in [6.45, 7) is 0.544. The molecule has 1 aliphatic carbocycles. The van der Waals surface area contributed by atoms with Gasteiger partial charge in [0.05, 0.1) is 5.60 Å². The number of aromatic nitrogens is 1. The molecule has 0 bridgehead atoms. The minimum Gasteiger partial charge on any atom is -0.376 e. The van der Waals surface area contributed by atoms with E-state index < -0.39 is 0 Å². The van der Waals surface area contributed by atoms with Crippen LogP contribution < -0.4 is 5.32 Å². The van der Waals surface area contributed by atoms with Gasteiger partial charge >= 0.3 is 0 Å². The van der Waals surface area contributed by atoms with E-state index >= 15 is 0 Å². The number of carbonyl (C=O) groups is 1. The van der Waals surface area contributed by atoms with E-state index in [4.69, 9.17) is 16.3 Å². The molecule has 1 amide bonds. The molecule has 1 saturated carbocycles. The molecular formula is C12H15ClN2O2. The minimum atomic E-state index is -0.160. The number of hydrogen-bond donors (Lipinski definition) is 1. The third kappa shape index (κ3) is 2.76. The first-order chi connectivity index (χ1) is 8.15. The lowest BCUT2D eigenvalue weighted by molar-refractivity contribution is -0.0679. The van der Waals surface area contributed by atoms with Gasteiger partial charge in [0.15, 0.2) is 0 Å². The lowest BCUT2D eigenvalue weighted by Crippen LogP contribution is -2.49. The maximum atomic E-state index is 11.8. The Bertz CT molecular complexity index is 413. The molecule has 1 aromatic heterocycles. The number of ether oxygens (including phenoxy) is 1. The molecule has 1 fully saturated rings. The van der Waals surface area contributed by atoms with Crippen LogP contribution >= 0.6 is 11.6 Å². The minimum absolute atomic E-state index is 0.141. The second-order valence-corrected chi connectivity index (χ2v) is 4.68. The molecule has 0 aromatic carbocycles. The highest BCUT2D eigenvalue weighted by atomic mass is 35.5. The Morgan fingerprint density at radius 2 is 2.41 bits per heavy atom. The van der Waals surface area contributed by atoms with Crippen molar-refractivity contribution in [1.82, 2.24) is 10.3 Å². The van der Waals surface area contributed by atoms with Gasteiger partial charge < -0.3 is 10.1 Å². The molecule has 1 aromatic rings. The van der Waals surface area contributed by atoms with Crippen LogP contribution in [0.15, 0.2) is 18.3 Å². The molecule has 1 aliphatic rings. The van der Waals surface area contributed by atoms with Crippen LogP contribution in [0.5, 0.6) is 0 Å². The summed E-state index contributed by atoms with van der Waals surface area (Å²) in [5.41, 5.74) is 0.363. The van der Waals surface area contributed by atoms with Crippen LogP contribution in [0.2, 0.25) is 5.15 Å². The molecule has 0 unspecified atom stereocenters. The molecular weight excluding hydrogens is 240 g/mol. The van der Waals surface area contributed by atoms with Crippen molar-refractivity contribution >= 4 is 17.5 Å². The van der Waals surface area contributed by atoms with E-state index in [1.54, 1.807) is 19.2 Å². The van der Waals surface area contributed by atoms with E-state index in [0.29, 0.717) is 17.3 Å². The van der Waals surface area contributed by atoms with Crippen molar-refractivity contribution in [1.29, 1.82) is 0 Å². The number of nitrogens with one attached hydrogen (secondary N) is 1. The zero-order valence-corrected chi connectivity index (χ0v) is 10.5. The van der Waals surface area contributed by atoms with Crippen LogP contribution in [-0.4, -0.2) is 30.1 Å². The van der Waals surface area contributed by atoms with E-state index in [-0.39, 0.29) is 11.5 Å². The second kappa shape index (κ2) is 5.02. The van der Waals surface area contributed by atoms with Gasteiger partial charge in [-0.3, -0.25) is 4.79 Å². The fourth-order valence-electron chi connectivity index (χ4n) is 1.91. The van der Waals surface area contributed by atoms with Crippen LogP contribution in [0.1, 0.15) is 29.6 Å². The van der Waals surface area contributed by atoms with E-state index in [1.807, 2.05) is 0 Å². The number of halogens is 1. The average Bonchev–Trinajstić information content (AvgIpc) is 2.28. The fraction of sp³-hybridized carbons (Fsp3) is 0.500. The topological polar surface area (TPSA) is 51.2 Å². The van der Waals surface area contributed by atoms with Crippen molar-refractivity contribution in [2.45, 2.75) is 24.9 Å². The Morgan fingerprint density at radius 1 is 1.65 bits per heavy atom. The number of hydrogen-bond acceptors (Lipinski definition) is 3. The number of pyridine rings is 1. The summed E-state index contributed by atoms with van der Waals surface area (Å²) in [6.07, 6.45) is 4.68. The van der Waals surface area contributed by atoms with Crippen LogP contribution in [0.3, 0.4) is 0 Å². The Hall–Kier alpha value is -1.13. The molecule has 1 heterocycles. The molecule has 4 nitrogen and oxygen atoms in total. The number of rotatable bonds is 4. The zero-order chi connectivity index (χ0) is 12.3. The van der Waals surface area contributed by atoms with E-state index in [1.165, 1.54) is 6.20 Å². The van der Waals surface area contributed by atoms with Gasteiger partial charge in [0.25, 0.3) is 5.91 Å². The Kier molecular flexibility index (Phi) is 3.64. The largest absolute Gasteiger partial charge is 0.376 e. The van der Waals surface area contributed by atoms with E-state index in [9.17, 15) is 4.79 Å². The van der Waals surface area contributed by atoms with Crippen molar-refractivity contribution in [3.05, 3.63) is 29.0 Å². The third-order valence-corrected chi connectivity index (χ3v) is 3.46. The lowest BCUT2D eigenvalue weighted by Gasteiger charge is -2.40. The summed E-state index contributed by atoms with van der Waals surface area (Å²) >= 11 is 5.73. The zero-order valence-electron chi connectivity index (χ0n) is 9.70. The summed E-state index contributed by atoms with van der Waals surface area (Å²) in [6, 6.07) is 3.19. The van der Waals surface area contributed by atoms with Gasteiger partial charge in [-0.25, -0.2) is 4.98 Å². The Morgan fingerprint density at radius 3 is 2.94 bits per heavy atom. The summed E-state index contributed by atoms with van der Waals surface area (Å²) in [5, 5.41) is 3.19. The Balaban J connectivity index is 1.93. The highest BCUT2D eigenvalue weighted by Gasteiger charge is 2.37. The molecule has 17 heavy (non-hydrogen) atoms. The fourth-order valence-corrected chi connectivity index (χ4v) is 2.09. The monoisotopic (exact) mass is 254 g/mol. The van der Waals surface area contributed by atoms with Gasteiger partial charge in [0.1, 0.15) is 5.15 Å². The van der Waals surface area contributed by atoms with Gasteiger partial charge in [0.2, 0.25) is 0 Å². The first-order valence-electron chi connectivity index (χ1n) is 5.60. The van der Waals surface area contributed by atoms with Crippen molar-refractivity contribution in [3.8, 4) is 0 Å². The van der Waals surface area contributed by atoms with Gasteiger partial charge in [0, 0.05) is 25.4 Å². The molecule has 0 spiro atoms. The summed E-state index contributed by atoms with van der Waals surface area (Å²) in [7, 11) is 1.69. The van der Waals surface area contributed by atoms with Crippen molar-refractivity contribution in [3.63, 3.8) is 0 Å². The van der Waals surface area contributed by atoms with Gasteiger partial charge in [-0.2, -0.15) is 0 Å². The number of carbonyl (C=O) groups excluding carboxylic acids is 1. The van der Waals surface area contributed by atoms with Crippen molar-refractivity contribution in [2.24, 2.45) is 0 Å². The molecule has 92 valence electrons. The van der Waals surface area contributed by atoms with E-state index in [2.05, 4.69) is 10.3 Å². The molecule has 5 heteroatoms. The van der Waals surface area contributed by atoms with Crippen LogP contribution in [0.25, 0.3) is 0 Å². The molecule has 1 N–H and O–H groups in total. The highest BCUT2D eigenvalue weighted by Crippen LogP contribution is 2.34. The van der Waals surface area contributed by atoms with E-state index in [0.717, 1.165) is 19.3 Å². The standard InChI is InChI=1S/C12H15ClN2O2/c1-17-12(4-2-5-12)8-15-11(16)9-3-6-14-10(13)7-9/h3,6-7H,2,4-5,8H2,1H3,(H,15,16). The molecule has 0 atom stereocenters. The molecule has 0 saturated heterocycles. The molecule has 2 rings (SSSR count). The van der Waals surface area contributed by atoms with Crippen molar-refractivity contribution in [2.75, 3.05) is 13.7 Å². The lowest BCUT2D eigenvalue weighted by atomic mass is 9.80. The predicted molar refractivity (Wildman–Crippen MR) is 65.2 cm³/mol. The van der Waals surface area contributed by atoms with Crippen molar-refractivity contribution < 1.29 is 9.53 Å². The predicted octanol–water partition coefficient (Wildman–Crippen LogP) is 2.03. The number of methoxy groups -OCH3 is 1. The average molecular weight is 255 g/mol. The van der Waals surface area contributed by atoms with Gasteiger partial charge in [-0.15, -0.1) is 0 Å². The maximum Gasteiger partial charge on any atom is 0.251 e. The SMILES string of the molecule is COC1(CNC(=O)c2ccnc(Cl)c2)CCC1. The van der Waals surface area contributed by atoms with Crippen LogP contribution in [0, 0.1) is 0 Å².